The molecule has 1 aliphatic carbocycles. The minimum atomic E-state index is -0.0512. The molecule has 1 aliphatic heterocycles. The Labute approximate surface area is 199 Å². The highest BCUT2D eigenvalue weighted by atomic mass is 16.5. The first-order valence-corrected chi connectivity index (χ1v) is 11.8. The van der Waals surface area contributed by atoms with Crippen LogP contribution < -0.4 is 15.4 Å². The van der Waals surface area contributed by atoms with E-state index < -0.39 is 0 Å². The van der Waals surface area contributed by atoms with Gasteiger partial charge in [-0.25, -0.2) is 9.50 Å². The molecule has 0 radical (unpaired) electrons. The number of amides is 1. The van der Waals surface area contributed by atoms with Crippen molar-refractivity contribution >= 4 is 17.2 Å². The summed E-state index contributed by atoms with van der Waals surface area (Å²) in [4.78, 5) is 16.4. The van der Waals surface area contributed by atoms with Gasteiger partial charge in [0.15, 0.2) is 5.82 Å². The van der Waals surface area contributed by atoms with Crippen LogP contribution in [0.4, 0.5) is 5.82 Å². The van der Waals surface area contributed by atoms with E-state index in [1.807, 2.05) is 24.4 Å². The molecule has 2 aliphatic rings. The highest BCUT2D eigenvalue weighted by molar-refractivity contribution is 5.93. The molecule has 3 aromatic heterocycles. The van der Waals surface area contributed by atoms with Crippen LogP contribution in [-0.2, 0) is 4.79 Å². The molecule has 2 N–H and O–H groups in total. The number of ether oxygens (including phenoxy) is 1. The highest BCUT2D eigenvalue weighted by Gasteiger charge is 2.39. The van der Waals surface area contributed by atoms with Gasteiger partial charge in [-0.05, 0) is 64.3 Å². The Hall–Kier alpha value is -3.44. The maximum atomic E-state index is 12.1. The maximum Gasteiger partial charge on any atom is 0.228 e. The zero-order valence-corrected chi connectivity index (χ0v) is 20.1. The number of nitriles is 1. The van der Waals surface area contributed by atoms with E-state index >= 15 is 0 Å². The van der Waals surface area contributed by atoms with E-state index in [2.05, 4.69) is 54.5 Å². The van der Waals surface area contributed by atoms with Gasteiger partial charge < -0.3 is 15.4 Å². The van der Waals surface area contributed by atoms with E-state index in [4.69, 9.17) is 4.74 Å². The van der Waals surface area contributed by atoms with Crippen molar-refractivity contribution < 1.29 is 9.53 Å². The molecule has 0 aromatic carbocycles. The second-order valence-corrected chi connectivity index (χ2v) is 10.8. The number of rotatable bonds is 5. The fraction of sp³-hybridized carbons (Fsp3) is 0.462. The zero-order chi connectivity index (χ0) is 24.1. The van der Waals surface area contributed by atoms with Crippen LogP contribution in [0.3, 0.4) is 0 Å². The lowest BCUT2D eigenvalue weighted by molar-refractivity contribution is -0.117. The van der Waals surface area contributed by atoms with Crippen LogP contribution in [0.1, 0.15) is 59.1 Å². The number of carbonyl (C=O) groups is 1. The van der Waals surface area contributed by atoms with Gasteiger partial charge in [-0.15, -0.1) is 0 Å². The SMILES string of the molecule is CC1(C)CC(Oc2cnc(C#N)cc2-c2ccn3nc(NC(=O)C4CC4)cc3c2)CC(C)(C)N1. The summed E-state index contributed by atoms with van der Waals surface area (Å²) in [6.07, 6.45) is 7.13. The first kappa shape index (κ1) is 22.4. The van der Waals surface area contributed by atoms with Crippen LogP contribution in [0.5, 0.6) is 5.75 Å². The van der Waals surface area contributed by atoms with E-state index in [1.165, 1.54) is 0 Å². The molecule has 2 fully saturated rings. The van der Waals surface area contributed by atoms with Crippen molar-refractivity contribution in [3.8, 4) is 22.9 Å². The van der Waals surface area contributed by atoms with Crippen molar-refractivity contribution in [1.82, 2.24) is 19.9 Å². The third kappa shape index (κ3) is 4.75. The number of fused-ring (bicyclic) bond motifs is 1. The van der Waals surface area contributed by atoms with Crippen LogP contribution in [0, 0.1) is 17.2 Å². The molecule has 176 valence electrons. The number of aromatic nitrogens is 3. The Morgan fingerprint density at radius 1 is 1.21 bits per heavy atom. The number of nitrogens with zero attached hydrogens (tertiary/aromatic N) is 4. The minimum Gasteiger partial charge on any atom is -0.488 e. The molecule has 0 atom stereocenters. The Kier molecular flexibility index (Phi) is 5.33. The smallest absolute Gasteiger partial charge is 0.228 e. The fourth-order valence-corrected chi connectivity index (χ4v) is 5.11. The van der Waals surface area contributed by atoms with Crippen LogP contribution in [-0.4, -0.2) is 37.7 Å². The summed E-state index contributed by atoms with van der Waals surface area (Å²) in [6.45, 7) is 8.76. The summed E-state index contributed by atoms with van der Waals surface area (Å²) in [7, 11) is 0. The summed E-state index contributed by atoms with van der Waals surface area (Å²) in [5, 5.41) is 20.5. The summed E-state index contributed by atoms with van der Waals surface area (Å²) >= 11 is 0. The Balaban J connectivity index is 1.46. The van der Waals surface area contributed by atoms with E-state index in [-0.39, 0.29) is 29.0 Å². The third-order valence-electron chi connectivity index (χ3n) is 6.40. The number of hydrogen-bond acceptors (Lipinski definition) is 6. The van der Waals surface area contributed by atoms with Crippen molar-refractivity contribution in [1.29, 1.82) is 5.26 Å². The van der Waals surface area contributed by atoms with Gasteiger partial charge in [-0.2, -0.15) is 10.4 Å². The van der Waals surface area contributed by atoms with Crippen LogP contribution in [0.15, 0.2) is 36.7 Å². The molecular formula is C26H30N6O2. The van der Waals surface area contributed by atoms with Gasteiger partial charge in [-0.3, -0.25) is 4.79 Å². The lowest BCUT2D eigenvalue weighted by Gasteiger charge is -2.46. The van der Waals surface area contributed by atoms with E-state index in [9.17, 15) is 10.1 Å². The number of anilines is 1. The molecule has 0 spiro atoms. The van der Waals surface area contributed by atoms with Crippen LogP contribution in [0.2, 0.25) is 0 Å². The summed E-state index contributed by atoms with van der Waals surface area (Å²) in [6, 6.07) is 9.68. The Morgan fingerprint density at radius 3 is 2.62 bits per heavy atom. The topological polar surface area (TPSA) is 104 Å². The van der Waals surface area contributed by atoms with E-state index in [1.54, 1.807) is 16.8 Å². The minimum absolute atomic E-state index is 0.0164. The first-order valence-electron chi connectivity index (χ1n) is 11.8. The fourth-order valence-electron chi connectivity index (χ4n) is 5.11. The summed E-state index contributed by atoms with van der Waals surface area (Å²) in [5.41, 5.74) is 2.78. The molecule has 1 saturated heterocycles. The van der Waals surface area contributed by atoms with E-state index in [0.717, 1.165) is 42.3 Å². The van der Waals surface area contributed by atoms with Crippen molar-refractivity contribution in [3.05, 3.63) is 42.4 Å². The quantitative estimate of drug-likeness (QED) is 0.591. The van der Waals surface area contributed by atoms with E-state index in [0.29, 0.717) is 17.3 Å². The summed E-state index contributed by atoms with van der Waals surface area (Å²) in [5.74, 6) is 1.34. The van der Waals surface area contributed by atoms with Crippen molar-refractivity contribution in [3.63, 3.8) is 0 Å². The van der Waals surface area contributed by atoms with Gasteiger partial charge in [0.25, 0.3) is 0 Å². The molecule has 8 heteroatoms. The Morgan fingerprint density at radius 2 is 1.94 bits per heavy atom. The molecule has 4 heterocycles. The second kappa shape index (κ2) is 8.10. The monoisotopic (exact) mass is 458 g/mol. The maximum absolute atomic E-state index is 12.1. The zero-order valence-electron chi connectivity index (χ0n) is 20.1. The van der Waals surface area contributed by atoms with Crippen LogP contribution >= 0.6 is 0 Å². The van der Waals surface area contributed by atoms with Crippen molar-refractivity contribution in [2.45, 2.75) is 70.6 Å². The van der Waals surface area contributed by atoms with Crippen LogP contribution in [0.25, 0.3) is 16.6 Å². The van der Waals surface area contributed by atoms with Gasteiger partial charge in [-0.1, -0.05) is 0 Å². The second-order valence-electron chi connectivity index (χ2n) is 10.8. The highest BCUT2D eigenvalue weighted by Crippen LogP contribution is 2.36. The molecule has 3 aromatic rings. The first-order chi connectivity index (χ1) is 16.1. The lowest BCUT2D eigenvalue weighted by Crippen LogP contribution is -2.60. The normalized spacial score (nSPS) is 19.5. The Bertz CT molecular complexity index is 1280. The van der Waals surface area contributed by atoms with Gasteiger partial charge in [0.1, 0.15) is 23.6 Å². The number of pyridine rings is 2. The lowest BCUT2D eigenvalue weighted by atomic mass is 9.81. The molecule has 0 bridgehead atoms. The number of nitrogens with one attached hydrogen (secondary N) is 2. The predicted octanol–water partition coefficient (Wildman–Crippen LogP) is 4.30. The molecular weight excluding hydrogens is 428 g/mol. The standard InChI is InChI=1S/C26H30N6O2/c1-25(2)12-20(13-26(3,4)31-25)34-22-15-28-18(14-27)10-21(22)17-7-8-32-19(9-17)11-23(30-32)29-24(33)16-5-6-16/h7-11,15-16,20,31H,5-6,12-13H2,1-4H3,(H,29,30,33). The number of carbonyl (C=O) groups excluding carboxylic acids is 1. The third-order valence-corrected chi connectivity index (χ3v) is 6.40. The van der Waals surface area contributed by atoms with Gasteiger partial charge in [0.05, 0.1) is 11.7 Å². The molecule has 34 heavy (non-hydrogen) atoms. The summed E-state index contributed by atoms with van der Waals surface area (Å²) < 4.78 is 8.26. The van der Waals surface area contributed by atoms with Gasteiger partial charge >= 0.3 is 0 Å². The molecule has 5 rings (SSSR count). The van der Waals surface area contributed by atoms with Gasteiger partial charge in [0, 0.05) is 47.7 Å². The predicted molar refractivity (Wildman–Crippen MR) is 129 cm³/mol. The van der Waals surface area contributed by atoms with Crippen molar-refractivity contribution in [2.24, 2.45) is 5.92 Å². The van der Waals surface area contributed by atoms with Crippen molar-refractivity contribution in [2.75, 3.05) is 5.32 Å². The average molecular weight is 459 g/mol. The largest absolute Gasteiger partial charge is 0.488 e. The molecule has 0 unspecified atom stereocenters. The number of hydrogen-bond donors (Lipinski definition) is 2. The molecule has 8 nitrogen and oxygen atoms in total. The number of piperidine rings is 1. The molecule has 1 saturated carbocycles. The molecule has 1 amide bonds. The van der Waals surface area contributed by atoms with Gasteiger partial charge in [0.2, 0.25) is 5.91 Å². The average Bonchev–Trinajstić information content (AvgIpc) is 3.52.